The number of amides is 4. The topological polar surface area (TPSA) is 132 Å². The van der Waals surface area contributed by atoms with Crippen LogP contribution in [-0.2, 0) is 22.6 Å². The number of hydrogen-bond acceptors (Lipinski definition) is 6. The Morgan fingerprint density at radius 1 is 1.17 bits per heavy atom. The van der Waals surface area contributed by atoms with Gasteiger partial charge in [-0.05, 0) is 11.5 Å². The van der Waals surface area contributed by atoms with E-state index in [-0.39, 0.29) is 6.42 Å². The fourth-order valence-corrected chi connectivity index (χ4v) is 3.69. The molecule has 4 amide bonds. The van der Waals surface area contributed by atoms with Crippen molar-refractivity contribution in [3.05, 3.63) is 41.7 Å². The summed E-state index contributed by atoms with van der Waals surface area (Å²) >= 11 is 1.21. The third-order valence-electron chi connectivity index (χ3n) is 3.96. The molecule has 0 saturated carbocycles. The van der Waals surface area contributed by atoms with Crippen molar-refractivity contribution in [1.29, 1.82) is 0 Å². The second-order valence-electron chi connectivity index (χ2n) is 6.85. The van der Waals surface area contributed by atoms with Crippen LogP contribution < -0.4 is 16.4 Å². The van der Waals surface area contributed by atoms with E-state index in [1.165, 1.54) is 18.8 Å². The number of primary amides is 1. The monoisotopic (exact) mass is 418 g/mol. The number of aryl methyl sites for hydroxylation is 1. The van der Waals surface area contributed by atoms with Crippen molar-refractivity contribution in [2.75, 3.05) is 7.05 Å². The maximum absolute atomic E-state index is 12.8. The van der Waals surface area contributed by atoms with Gasteiger partial charge in [-0.25, -0.2) is 4.79 Å². The number of thioether (sulfide) groups is 1. The molecule has 4 N–H and O–H groups in total. The number of carbonyl (C=O) groups is 3. The number of aromatic nitrogens is 3. The van der Waals surface area contributed by atoms with Crippen molar-refractivity contribution in [1.82, 2.24) is 25.4 Å². The first-order chi connectivity index (χ1) is 13.8. The van der Waals surface area contributed by atoms with Gasteiger partial charge < -0.3 is 15.6 Å². The van der Waals surface area contributed by atoms with Crippen molar-refractivity contribution in [3.8, 4) is 0 Å². The standard InChI is InChI=1S/C19H26N6O3S/c1-12(2)11-25-15(10-9-14(20)26)23-24-19(25)29-16(13-7-5-4-6-8-13)17(27)22-18(28)21-3/h4-8,12,16H,9-11H2,1-3H3,(H2,20,26)(H2,21,22,27,28)/t16-/m0/s1. The molecule has 1 aromatic carbocycles. The fourth-order valence-electron chi connectivity index (χ4n) is 2.62. The number of nitrogens with one attached hydrogen (secondary N) is 2. The predicted molar refractivity (Wildman–Crippen MR) is 110 cm³/mol. The third-order valence-corrected chi connectivity index (χ3v) is 5.20. The fraction of sp³-hybridized carbons (Fsp3) is 0.421. The van der Waals surface area contributed by atoms with Crippen LogP contribution in [0, 0.1) is 5.92 Å². The highest BCUT2D eigenvalue weighted by Gasteiger charge is 2.27. The highest BCUT2D eigenvalue weighted by Crippen LogP contribution is 2.35. The average molecular weight is 419 g/mol. The second-order valence-corrected chi connectivity index (χ2v) is 7.92. The molecule has 0 aliphatic carbocycles. The Hall–Kier alpha value is -2.88. The third kappa shape index (κ3) is 6.60. The number of nitrogens with two attached hydrogens (primary N) is 1. The van der Waals surface area contributed by atoms with E-state index in [1.54, 1.807) is 0 Å². The molecule has 0 saturated heterocycles. The Bertz CT molecular complexity index is 853. The molecule has 0 spiro atoms. The molecule has 0 fully saturated rings. The molecule has 10 heteroatoms. The summed E-state index contributed by atoms with van der Waals surface area (Å²) in [6, 6.07) is 8.56. The van der Waals surface area contributed by atoms with Gasteiger partial charge in [-0.2, -0.15) is 0 Å². The van der Waals surface area contributed by atoms with Gasteiger partial charge in [-0.3, -0.25) is 14.9 Å². The zero-order valence-electron chi connectivity index (χ0n) is 16.7. The number of benzene rings is 1. The largest absolute Gasteiger partial charge is 0.370 e. The van der Waals surface area contributed by atoms with Gasteiger partial charge in [0.15, 0.2) is 5.16 Å². The first-order valence-corrected chi connectivity index (χ1v) is 10.1. The Morgan fingerprint density at radius 3 is 2.45 bits per heavy atom. The Morgan fingerprint density at radius 2 is 1.86 bits per heavy atom. The molecule has 1 atom stereocenters. The van der Waals surface area contributed by atoms with Gasteiger partial charge in [0.25, 0.3) is 0 Å². The van der Waals surface area contributed by atoms with E-state index in [1.807, 2.05) is 34.9 Å². The second kappa shape index (κ2) is 10.6. The number of urea groups is 1. The van der Waals surface area contributed by atoms with Gasteiger partial charge in [-0.15, -0.1) is 10.2 Å². The molecule has 29 heavy (non-hydrogen) atoms. The lowest BCUT2D eigenvalue weighted by molar-refractivity contribution is -0.120. The summed E-state index contributed by atoms with van der Waals surface area (Å²) in [6.45, 7) is 4.74. The minimum Gasteiger partial charge on any atom is -0.370 e. The molecular formula is C19H26N6O3S. The zero-order chi connectivity index (χ0) is 21.4. The first kappa shape index (κ1) is 22.4. The van der Waals surface area contributed by atoms with Crippen molar-refractivity contribution in [3.63, 3.8) is 0 Å². The van der Waals surface area contributed by atoms with Crippen LogP contribution >= 0.6 is 11.8 Å². The predicted octanol–water partition coefficient (Wildman–Crippen LogP) is 1.64. The van der Waals surface area contributed by atoms with E-state index in [0.29, 0.717) is 29.9 Å². The maximum atomic E-state index is 12.8. The van der Waals surface area contributed by atoms with E-state index in [4.69, 9.17) is 5.73 Å². The Balaban J connectivity index is 2.35. The summed E-state index contributed by atoms with van der Waals surface area (Å²) < 4.78 is 1.90. The molecule has 0 radical (unpaired) electrons. The van der Waals surface area contributed by atoms with E-state index < -0.39 is 23.1 Å². The van der Waals surface area contributed by atoms with E-state index in [2.05, 4.69) is 34.7 Å². The quantitative estimate of drug-likeness (QED) is 0.531. The molecule has 2 aromatic rings. The van der Waals surface area contributed by atoms with Gasteiger partial charge in [0.2, 0.25) is 11.8 Å². The summed E-state index contributed by atoms with van der Waals surface area (Å²) in [5.74, 6) is 0.0646. The molecule has 2 rings (SSSR count). The summed E-state index contributed by atoms with van der Waals surface area (Å²) in [7, 11) is 1.44. The molecule has 1 aromatic heterocycles. The molecule has 156 valence electrons. The summed E-state index contributed by atoms with van der Waals surface area (Å²) in [5, 5.41) is 13.0. The lowest BCUT2D eigenvalue weighted by Crippen LogP contribution is -2.39. The molecule has 0 bridgehead atoms. The number of nitrogens with zero attached hydrogens (tertiary/aromatic N) is 3. The molecule has 0 unspecified atom stereocenters. The smallest absolute Gasteiger partial charge is 0.321 e. The van der Waals surface area contributed by atoms with Crippen molar-refractivity contribution < 1.29 is 14.4 Å². The van der Waals surface area contributed by atoms with E-state index >= 15 is 0 Å². The van der Waals surface area contributed by atoms with Crippen LogP contribution in [0.2, 0.25) is 0 Å². The number of rotatable bonds is 9. The van der Waals surface area contributed by atoms with E-state index in [0.717, 1.165) is 5.56 Å². The number of hydrogen-bond donors (Lipinski definition) is 3. The van der Waals surface area contributed by atoms with Crippen molar-refractivity contribution in [2.45, 2.75) is 43.6 Å². The molecule has 1 heterocycles. The molecule has 0 aliphatic rings. The highest BCUT2D eigenvalue weighted by molar-refractivity contribution is 8.00. The first-order valence-electron chi connectivity index (χ1n) is 9.26. The lowest BCUT2D eigenvalue weighted by Gasteiger charge is -2.18. The van der Waals surface area contributed by atoms with Crippen LogP contribution in [0.3, 0.4) is 0 Å². The summed E-state index contributed by atoms with van der Waals surface area (Å²) in [6.07, 6.45) is 0.538. The van der Waals surface area contributed by atoms with Crippen LogP contribution in [-0.4, -0.2) is 39.7 Å². The maximum Gasteiger partial charge on any atom is 0.321 e. The van der Waals surface area contributed by atoms with Gasteiger partial charge in [0.05, 0.1) is 0 Å². The minimum absolute atomic E-state index is 0.167. The van der Waals surface area contributed by atoms with Crippen LogP contribution in [0.1, 0.15) is 36.9 Å². The van der Waals surface area contributed by atoms with Gasteiger partial charge >= 0.3 is 6.03 Å². The van der Waals surface area contributed by atoms with Gasteiger partial charge in [0, 0.05) is 26.4 Å². The summed E-state index contributed by atoms with van der Waals surface area (Å²) in [4.78, 5) is 35.6. The SMILES string of the molecule is CNC(=O)NC(=O)[C@@H](Sc1nnc(CCC(N)=O)n1CC(C)C)c1ccccc1. The normalized spacial score (nSPS) is 11.9. The van der Waals surface area contributed by atoms with Crippen LogP contribution in [0.4, 0.5) is 4.79 Å². The average Bonchev–Trinajstić information content (AvgIpc) is 3.05. The van der Waals surface area contributed by atoms with Gasteiger partial charge in [-0.1, -0.05) is 55.9 Å². The highest BCUT2D eigenvalue weighted by atomic mass is 32.2. The number of carbonyl (C=O) groups excluding carboxylic acids is 3. The van der Waals surface area contributed by atoms with Crippen LogP contribution in [0.25, 0.3) is 0 Å². The van der Waals surface area contributed by atoms with Gasteiger partial charge in [0.1, 0.15) is 11.1 Å². The van der Waals surface area contributed by atoms with Crippen LogP contribution in [0.5, 0.6) is 0 Å². The van der Waals surface area contributed by atoms with Crippen molar-refractivity contribution >= 4 is 29.6 Å². The lowest BCUT2D eigenvalue weighted by atomic mass is 10.1. The van der Waals surface area contributed by atoms with E-state index in [9.17, 15) is 14.4 Å². The number of imide groups is 1. The zero-order valence-corrected chi connectivity index (χ0v) is 17.5. The van der Waals surface area contributed by atoms with Crippen LogP contribution in [0.15, 0.2) is 35.5 Å². The molecular weight excluding hydrogens is 392 g/mol. The Labute approximate surface area is 173 Å². The minimum atomic E-state index is -0.701. The van der Waals surface area contributed by atoms with Crippen molar-refractivity contribution in [2.24, 2.45) is 11.7 Å². The molecule has 9 nitrogen and oxygen atoms in total. The molecule has 0 aliphatic heterocycles. The summed E-state index contributed by atoms with van der Waals surface area (Å²) in [5.41, 5.74) is 6.00. The Kier molecular flexibility index (Phi) is 8.20.